The Morgan fingerprint density at radius 1 is 0.970 bits per heavy atom. The molecule has 1 amide bonds. The second-order valence-corrected chi connectivity index (χ2v) is 9.32. The van der Waals surface area contributed by atoms with E-state index in [4.69, 9.17) is 21.1 Å². The number of hydrogen-bond donors (Lipinski definition) is 2. The number of para-hydroxylation sites is 1. The fourth-order valence-corrected chi connectivity index (χ4v) is 4.85. The number of carbonyl (C=O) groups is 1. The van der Waals surface area contributed by atoms with Crippen molar-refractivity contribution in [3.63, 3.8) is 0 Å². The number of rotatable bonds is 9. The molecule has 0 fully saturated rings. The third kappa shape index (κ3) is 5.97. The van der Waals surface area contributed by atoms with E-state index >= 15 is 0 Å². The number of aryl methyl sites for hydroxylation is 1. The van der Waals surface area contributed by atoms with Gasteiger partial charge in [-0.15, -0.1) is 0 Å². The molecule has 0 saturated carbocycles. The molecule has 0 atom stereocenters. The molecule has 0 aliphatic rings. The Morgan fingerprint density at radius 3 is 2.39 bits per heavy atom. The van der Waals surface area contributed by atoms with Crippen molar-refractivity contribution in [3.05, 3.63) is 82.4 Å². The van der Waals surface area contributed by atoms with Crippen molar-refractivity contribution in [3.8, 4) is 11.5 Å². The highest BCUT2D eigenvalue weighted by molar-refractivity contribution is 7.92. The van der Waals surface area contributed by atoms with Gasteiger partial charge in [-0.3, -0.25) is 9.52 Å². The molecule has 0 radical (unpaired) electrons. The first kappa shape index (κ1) is 24.4. The van der Waals surface area contributed by atoms with Gasteiger partial charge >= 0.3 is 0 Å². The van der Waals surface area contributed by atoms with Crippen LogP contribution in [0, 0.1) is 6.92 Å². The maximum Gasteiger partial charge on any atom is 0.263 e. The summed E-state index contributed by atoms with van der Waals surface area (Å²) in [5.74, 6) is 0.828. The van der Waals surface area contributed by atoms with Gasteiger partial charge in [-0.25, -0.2) is 8.42 Å². The monoisotopic (exact) mass is 488 g/mol. The first-order valence-electron chi connectivity index (χ1n) is 10.1. The van der Waals surface area contributed by atoms with Crippen molar-refractivity contribution in [2.75, 3.05) is 25.5 Å². The minimum Gasteiger partial charge on any atom is -0.493 e. The lowest BCUT2D eigenvalue weighted by Crippen LogP contribution is -2.26. The van der Waals surface area contributed by atoms with E-state index in [1.54, 1.807) is 45.4 Å². The van der Waals surface area contributed by atoms with E-state index in [0.29, 0.717) is 30.2 Å². The molecule has 0 unspecified atom stereocenters. The molecule has 0 spiro atoms. The zero-order valence-electron chi connectivity index (χ0n) is 18.5. The zero-order valence-corrected chi connectivity index (χ0v) is 20.1. The van der Waals surface area contributed by atoms with Crippen molar-refractivity contribution in [1.29, 1.82) is 0 Å². The Bertz CT molecular complexity index is 1260. The number of nitrogens with one attached hydrogen (secondary N) is 2. The first-order chi connectivity index (χ1) is 15.7. The molecule has 2 N–H and O–H groups in total. The number of amides is 1. The predicted molar refractivity (Wildman–Crippen MR) is 129 cm³/mol. The number of ether oxygens (including phenoxy) is 2. The molecular formula is C24H25ClN2O5S. The Kier molecular flexibility index (Phi) is 7.84. The molecule has 174 valence electrons. The van der Waals surface area contributed by atoms with Crippen molar-refractivity contribution in [1.82, 2.24) is 5.32 Å². The summed E-state index contributed by atoms with van der Waals surface area (Å²) >= 11 is 6.16. The second kappa shape index (κ2) is 10.6. The second-order valence-electron chi connectivity index (χ2n) is 7.26. The average Bonchev–Trinajstić information content (AvgIpc) is 2.80. The van der Waals surface area contributed by atoms with Gasteiger partial charge in [0.25, 0.3) is 15.9 Å². The van der Waals surface area contributed by atoms with E-state index in [1.807, 2.05) is 18.2 Å². The van der Waals surface area contributed by atoms with E-state index in [0.717, 1.165) is 11.1 Å². The van der Waals surface area contributed by atoms with Gasteiger partial charge in [-0.05, 0) is 60.9 Å². The molecule has 33 heavy (non-hydrogen) atoms. The summed E-state index contributed by atoms with van der Waals surface area (Å²) in [6.07, 6.45) is 0.555. The van der Waals surface area contributed by atoms with E-state index in [2.05, 4.69) is 10.0 Å². The maximum atomic E-state index is 12.9. The molecule has 7 nitrogen and oxygen atoms in total. The molecule has 3 rings (SSSR count). The lowest BCUT2D eigenvalue weighted by molar-refractivity contribution is 0.0954. The topological polar surface area (TPSA) is 93.7 Å². The van der Waals surface area contributed by atoms with Gasteiger partial charge in [0.15, 0.2) is 11.5 Å². The van der Waals surface area contributed by atoms with Crippen LogP contribution in [0.2, 0.25) is 5.02 Å². The van der Waals surface area contributed by atoms with E-state index < -0.39 is 15.9 Å². The van der Waals surface area contributed by atoms with Gasteiger partial charge in [0.2, 0.25) is 0 Å². The fraction of sp³-hybridized carbons (Fsp3) is 0.208. The number of methoxy groups -OCH3 is 2. The number of halogens is 1. The van der Waals surface area contributed by atoms with Gasteiger partial charge < -0.3 is 14.8 Å². The van der Waals surface area contributed by atoms with Crippen LogP contribution in [0.15, 0.2) is 65.6 Å². The Balaban J connectivity index is 1.71. The largest absolute Gasteiger partial charge is 0.493 e. The van der Waals surface area contributed by atoms with Crippen LogP contribution in [0.25, 0.3) is 0 Å². The molecule has 0 heterocycles. The highest BCUT2D eigenvalue weighted by atomic mass is 35.5. The molecule has 3 aromatic rings. The Hall–Kier alpha value is -3.23. The van der Waals surface area contributed by atoms with Gasteiger partial charge in [0.1, 0.15) is 4.90 Å². The van der Waals surface area contributed by atoms with Gasteiger partial charge in [-0.2, -0.15) is 0 Å². The molecule has 0 aromatic heterocycles. The number of benzene rings is 3. The van der Waals surface area contributed by atoms with Crippen LogP contribution in [-0.4, -0.2) is 35.1 Å². The van der Waals surface area contributed by atoms with Crippen LogP contribution in [0.1, 0.15) is 21.5 Å². The summed E-state index contributed by atoms with van der Waals surface area (Å²) in [7, 11) is -0.865. The molecule has 0 aliphatic carbocycles. The number of sulfonamides is 1. The van der Waals surface area contributed by atoms with Gasteiger partial charge in [0, 0.05) is 12.1 Å². The highest BCUT2D eigenvalue weighted by Gasteiger charge is 2.21. The number of hydrogen-bond acceptors (Lipinski definition) is 5. The quantitative estimate of drug-likeness (QED) is 0.464. The van der Waals surface area contributed by atoms with Crippen molar-refractivity contribution in [2.24, 2.45) is 0 Å². The standard InChI is InChI=1S/C24H25ClN2O5S/c1-16-6-4-5-7-20(16)27-33(29,30)23-15-18(9-10-19(23)25)24(28)26-13-12-17-8-11-21(31-2)22(14-17)32-3/h4-11,14-15,27H,12-13H2,1-3H3,(H,26,28). The Morgan fingerprint density at radius 2 is 1.70 bits per heavy atom. The molecular weight excluding hydrogens is 464 g/mol. The van der Waals surface area contributed by atoms with E-state index in [9.17, 15) is 13.2 Å². The summed E-state index contributed by atoms with van der Waals surface area (Å²) in [4.78, 5) is 12.5. The summed E-state index contributed by atoms with van der Waals surface area (Å²) in [6.45, 7) is 2.14. The molecule has 3 aromatic carbocycles. The highest BCUT2D eigenvalue weighted by Crippen LogP contribution is 2.28. The summed E-state index contributed by atoms with van der Waals surface area (Å²) in [5.41, 5.74) is 2.35. The van der Waals surface area contributed by atoms with Crippen LogP contribution in [0.3, 0.4) is 0 Å². The third-order valence-corrected chi connectivity index (χ3v) is 6.87. The normalized spacial score (nSPS) is 11.0. The van der Waals surface area contributed by atoms with Gasteiger partial charge in [-0.1, -0.05) is 35.9 Å². The van der Waals surface area contributed by atoms with Crippen LogP contribution in [0.5, 0.6) is 11.5 Å². The lowest BCUT2D eigenvalue weighted by atomic mass is 10.1. The molecule has 0 aliphatic heterocycles. The smallest absolute Gasteiger partial charge is 0.263 e. The first-order valence-corrected chi connectivity index (χ1v) is 12.0. The van der Waals surface area contributed by atoms with Gasteiger partial charge in [0.05, 0.1) is 24.9 Å². The summed E-state index contributed by atoms with van der Waals surface area (Å²) in [6, 6.07) is 16.7. The minimum absolute atomic E-state index is 0.0259. The van der Waals surface area contributed by atoms with E-state index in [1.165, 1.54) is 18.2 Å². The van der Waals surface area contributed by atoms with Crippen LogP contribution >= 0.6 is 11.6 Å². The number of anilines is 1. The lowest BCUT2D eigenvalue weighted by Gasteiger charge is -2.13. The van der Waals surface area contributed by atoms with E-state index in [-0.39, 0.29) is 15.5 Å². The average molecular weight is 489 g/mol. The predicted octanol–water partition coefficient (Wildman–Crippen LogP) is 4.44. The SMILES string of the molecule is COc1ccc(CCNC(=O)c2ccc(Cl)c(S(=O)(=O)Nc3ccccc3C)c2)cc1OC. The minimum atomic E-state index is -3.99. The van der Waals surface area contributed by atoms with Crippen molar-refractivity contribution in [2.45, 2.75) is 18.2 Å². The number of carbonyl (C=O) groups excluding carboxylic acids is 1. The van der Waals surface area contributed by atoms with Crippen molar-refractivity contribution >= 4 is 33.2 Å². The maximum absolute atomic E-state index is 12.9. The third-order valence-electron chi connectivity index (χ3n) is 5.02. The molecule has 0 saturated heterocycles. The van der Waals surface area contributed by atoms with Crippen LogP contribution in [0.4, 0.5) is 5.69 Å². The molecule has 9 heteroatoms. The van der Waals surface area contributed by atoms with Crippen LogP contribution < -0.4 is 19.5 Å². The van der Waals surface area contributed by atoms with Crippen LogP contribution in [-0.2, 0) is 16.4 Å². The summed E-state index contributed by atoms with van der Waals surface area (Å²) in [5, 5.41) is 2.83. The zero-order chi connectivity index (χ0) is 24.0. The molecule has 0 bridgehead atoms. The fourth-order valence-electron chi connectivity index (χ4n) is 3.20. The Labute approximate surface area is 198 Å². The summed E-state index contributed by atoms with van der Waals surface area (Å²) < 4.78 is 38.9. The van der Waals surface area contributed by atoms with Crippen molar-refractivity contribution < 1.29 is 22.7 Å².